The number of fused-ring (bicyclic) bond motifs is 2. The Hall–Kier alpha value is -0.650. The molecule has 2 saturated heterocycles. The fraction of sp³-hybridized carbons (Fsp3) is 0.938. The van der Waals surface area contributed by atoms with E-state index in [4.69, 9.17) is 4.74 Å². The van der Waals surface area contributed by atoms with Crippen LogP contribution in [0.15, 0.2) is 0 Å². The van der Waals surface area contributed by atoms with E-state index < -0.39 is 0 Å². The molecule has 4 rings (SSSR count). The van der Waals surface area contributed by atoms with Crippen molar-refractivity contribution in [1.29, 1.82) is 0 Å². The number of nitrogens with zero attached hydrogens (tertiary/aromatic N) is 2. The minimum absolute atomic E-state index is 0.190. The standard InChI is InChI=1S/C16H27N3O2/c20-16(15-11-17-3-8-21-15)19-6-4-18(5-7-19)14-10-12-1-2-13(14)9-12/h12-15,17H,1-11H2. The third-order valence-electron chi connectivity index (χ3n) is 6.00. The number of hydrogen-bond donors (Lipinski definition) is 1. The van der Waals surface area contributed by atoms with Crippen LogP contribution in [-0.4, -0.2) is 73.7 Å². The van der Waals surface area contributed by atoms with Gasteiger partial charge in [-0.1, -0.05) is 6.42 Å². The molecular formula is C16H27N3O2. The van der Waals surface area contributed by atoms with E-state index in [0.717, 1.165) is 50.6 Å². The highest BCUT2D eigenvalue weighted by Gasteiger charge is 2.43. The highest BCUT2D eigenvalue weighted by atomic mass is 16.5. The molecule has 4 aliphatic rings. The summed E-state index contributed by atoms with van der Waals surface area (Å²) in [6.45, 7) is 6.06. The average molecular weight is 293 g/mol. The number of carbonyl (C=O) groups is 1. The van der Waals surface area contributed by atoms with E-state index >= 15 is 0 Å². The maximum absolute atomic E-state index is 12.5. The molecule has 0 spiro atoms. The fourth-order valence-electron chi connectivity index (χ4n) is 4.86. The van der Waals surface area contributed by atoms with Gasteiger partial charge >= 0.3 is 0 Å². The molecule has 4 atom stereocenters. The zero-order valence-corrected chi connectivity index (χ0v) is 12.8. The van der Waals surface area contributed by atoms with Gasteiger partial charge in [0.25, 0.3) is 5.91 Å². The number of rotatable bonds is 2. The van der Waals surface area contributed by atoms with Crippen molar-refractivity contribution in [2.24, 2.45) is 11.8 Å². The first-order chi connectivity index (χ1) is 10.3. The van der Waals surface area contributed by atoms with Crippen molar-refractivity contribution < 1.29 is 9.53 Å². The highest BCUT2D eigenvalue weighted by molar-refractivity contribution is 5.81. The Labute approximate surface area is 127 Å². The second-order valence-corrected chi connectivity index (χ2v) is 7.17. The number of piperazine rings is 1. The largest absolute Gasteiger partial charge is 0.366 e. The van der Waals surface area contributed by atoms with Crippen molar-refractivity contribution in [2.45, 2.75) is 37.8 Å². The monoisotopic (exact) mass is 293 g/mol. The number of nitrogens with one attached hydrogen (secondary N) is 1. The van der Waals surface area contributed by atoms with E-state index in [1.165, 1.54) is 25.7 Å². The molecule has 5 nitrogen and oxygen atoms in total. The molecule has 118 valence electrons. The first-order valence-electron chi connectivity index (χ1n) is 8.66. The summed E-state index contributed by atoms with van der Waals surface area (Å²) >= 11 is 0. The molecule has 4 unspecified atom stereocenters. The average Bonchev–Trinajstić information content (AvgIpc) is 3.18. The van der Waals surface area contributed by atoms with Gasteiger partial charge in [-0.05, 0) is 31.1 Å². The molecule has 2 aliphatic carbocycles. The van der Waals surface area contributed by atoms with Gasteiger partial charge in [0.05, 0.1) is 6.61 Å². The molecule has 0 aromatic heterocycles. The van der Waals surface area contributed by atoms with Gasteiger partial charge in [0.15, 0.2) is 0 Å². The minimum Gasteiger partial charge on any atom is -0.366 e. The Balaban J connectivity index is 1.29. The van der Waals surface area contributed by atoms with Crippen LogP contribution in [0.2, 0.25) is 0 Å². The zero-order chi connectivity index (χ0) is 14.2. The zero-order valence-electron chi connectivity index (χ0n) is 12.8. The second kappa shape index (κ2) is 5.86. The normalized spacial score (nSPS) is 40.7. The van der Waals surface area contributed by atoms with Crippen LogP contribution in [0, 0.1) is 11.8 Å². The van der Waals surface area contributed by atoms with Gasteiger partial charge in [-0.25, -0.2) is 0 Å². The lowest BCUT2D eigenvalue weighted by Gasteiger charge is -2.42. The van der Waals surface area contributed by atoms with Crippen molar-refractivity contribution in [3.05, 3.63) is 0 Å². The third-order valence-corrected chi connectivity index (χ3v) is 6.00. The predicted octanol–water partition coefficient (Wildman–Crippen LogP) is 0.308. The van der Waals surface area contributed by atoms with Gasteiger partial charge in [-0.3, -0.25) is 9.69 Å². The van der Waals surface area contributed by atoms with Crippen molar-refractivity contribution >= 4 is 5.91 Å². The van der Waals surface area contributed by atoms with E-state index in [1.54, 1.807) is 0 Å². The van der Waals surface area contributed by atoms with E-state index in [-0.39, 0.29) is 12.0 Å². The Morgan fingerprint density at radius 2 is 1.95 bits per heavy atom. The smallest absolute Gasteiger partial charge is 0.253 e. The number of morpholine rings is 1. The predicted molar refractivity (Wildman–Crippen MR) is 80.0 cm³/mol. The lowest BCUT2D eigenvalue weighted by atomic mass is 9.93. The van der Waals surface area contributed by atoms with Crippen molar-refractivity contribution in [2.75, 3.05) is 45.9 Å². The van der Waals surface area contributed by atoms with Gasteiger partial charge in [-0.2, -0.15) is 0 Å². The van der Waals surface area contributed by atoms with E-state index in [9.17, 15) is 4.79 Å². The van der Waals surface area contributed by atoms with Crippen molar-refractivity contribution in [3.63, 3.8) is 0 Å². The van der Waals surface area contributed by atoms with Crippen LogP contribution in [0.3, 0.4) is 0 Å². The van der Waals surface area contributed by atoms with E-state index in [0.29, 0.717) is 13.2 Å². The van der Waals surface area contributed by atoms with Crippen molar-refractivity contribution in [3.8, 4) is 0 Å². The number of hydrogen-bond acceptors (Lipinski definition) is 4. The summed E-state index contributed by atoms with van der Waals surface area (Å²) < 4.78 is 5.59. The Bertz CT molecular complexity index is 389. The minimum atomic E-state index is -0.257. The Morgan fingerprint density at radius 3 is 2.57 bits per heavy atom. The lowest BCUT2D eigenvalue weighted by molar-refractivity contribution is -0.147. The van der Waals surface area contributed by atoms with Crippen LogP contribution in [0.1, 0.15) is 25.7 Å². The molecular weight excluding hydrogens is 266 g/mol. The summed E-state index contributed by atoms with van der Waals surface area (Å²) in [7, 11) is 0. The first-order valence-corrected chi connectivity index (χ1v) is 8.66. The van der Waals surface area contributed by atoms with Crippen LogP contribution < -0.4 is 5.32 Å². The number of amides is 1. The molecule has 0 aromatic carbocycles. The van der Waals surface area contributed by atoms with Crippen molar-refractivity contribution in [1.82, 2.24) is 15.1 Å². The molecule has 1 amide bonds. The molecule has 0 radical (unpaired) electrons. The van der Waals surface area contributed by atoms with Gasteiger partial charge in [0, 0.05) is 45.3 Å². The van der Waals surface area contributed by atoms with Crippen LogP contribution in [0.5, 0.6) is 0 Å². The summed E-state index contributed by atoms with van der Waals surface area (Å²) in [5, 5.41) is 3.24. The maximum Gasteiger partial charge on any atom is 0.253 e. The SMILES string of the molecule is O=C(C1CNCCO1)N1CCN(C2CC3CCC2C3)CC1. The Kier molecular flexibility index (Phi) is 3.90. The number of ether oxygens (including phenoxy) is 1. The molecule has 0 aromatic rings. The number of carbonyl (C=O) groups excluding carboxylic acids is 1. The third kappa shape index (κ3) is 2.71. The molecule has 4 fully saturated rings. The van der Waals surface area contributed by atoms with Crippen LogP contribution in [0.4, 0.5) is 0 Å². The van der Waals surface area contributed by atoms with Crippen LogP contribution in [0.25, 0.3) is 0 Å². The van der Waals surface area contributed by atoms with Crippen LogP contribution in [-0.2, 0) is 9.53 Å². The quantitative estimate of drug-likeness (QED) is 0.796. The molecule has 1 N–H and O–H groups in total. The summed E-state index contributed by atoms with van der Waals surface area (Å²) in [4.78, 5) is 17.1. The Morgan fingerprint density at radius 1 is 1.10 bits per heavy atom. The fourth-order valence-corrected chi connectivity index (χ4v) is 4.86. The lowest BCUT2D eigenvalue weighted by Crippen LogP contribution is -2.57. The van der Waals surface area contributed by atoms with E-state index in [1.807, 2.05) is 4.90 Å². The van der Waals surface area contributed by atoms with Crippen LogP contribution >= 0.6 is 0 Å². The molecule has 5 heteroatoms. The molecule has 2 heterocycles. The van der Waals surface area contributed by atoms with Gasteiger partial charge in [-0.15, -0.1) is 0 Å². The summed E-state index contributed by atoms with van der Waals surface area (Å²) in [6.07, 6.45) is 5.52. The molecule has 2 saturated carbocycles. The van der Waals surface area contributed by atoms with Gasteiger partial charge in [0.2, 0.25) is 0 Å². The van der Waals surface area contributed by atoms with Gasteiger partial charge in [0.1, 0.15) is 6.10 Å². The summed E-state index contributed by atoms with van der Waals surface area (Å²) in [5.41, 5.74) is 0. The molecule has 2 aliphatic heterocycles. The topological polar surface area (TPSA) is 44.8 Å². The molecule has 21 heavy (non-hydrogen) atoms. The maximum atomic E-state index is 12.5. The second-order valence-electron chi connectivity index (χ2n) is 7.17. The first kappa shape index (κ1) is 14.0. The summed E-state index contributed by atoms with van der Waals surface area (Å²) in [5.74, 6) is 2.14. The summed E-state index contributed by atoms with van der Waals surface area (Å²) in [6, 6.07) is 0.814. The molecule has 2 bridgehead atoms. The van der Waals surface area contributed by atoms with E-state index in [2.05, 4.69) is 10.2 Å². The van der Waals surface area contributed by atoms with Gasteiger partial charge < -0.3 is 15.0 Å². The highest BCUT2D eigenvalue weighted by Crippen LogP contribution is 2.46.